The van der Waals surface area contributed by atoms with Crippen LogP contribution in [-0.4, -0.2) is 30.4 Å². The van der Waals surface area contributed by atoms with Crippen molar-refractivity contribution in [2.24, 2.45) is 0 Å². The molecule has 92 valence electrons. The predicted molar refractivity (Wildman–Crippen MR) is 67.1 cm³/mol. The lowest BCUT2D eigenvalue weighted by Crippen LogP contribution is -2.40. The Kier molecular flexibility index (Phi) is 3.79. The van der Waals surface area contributed by atoms with Crippen LogP contribution in [0.1, 0.15) is 25.3 Å². The largest absolute Gasteiger partial charge is 0.497 e. The first-order chi connectivity index (χ1) is 8.19. The van der Waals surface area contributed by atoms with Crippen molar-refractivity contribution in [2.45, 2.75) is 32.4 Å². The maximum Gasteiger partial charge on any atom is 0.135 e. The lowest BCUT2D eigenvalue weighted by molar-refractivity contribution is -0.123. The van der Waals surface area contributed by atoms with Gasteiger partial charge in [0.1, 0.15) is 11.5 Å². The number of piperidine rings is 1. The van der Waals surface area contributed by atoms with Gasteiger partial charge in [-0.2, -0.15) is 0 Å². The number of ketones is 1. The summed E-state index contributed by atoms with van der Waals surface area (Å²) in [7, 11) is 1.68. The van der Waals surface area contributed by atoms with E-state index in [1.54, 1.807) is 7.11 Å². The Morgan fingerprint density at radius 3 is 3.00 bits per heavy atom. The van der Waals surface area contributed by atoms with Gasteiger partial charge < -0.3 is 4.74 Å². The molecule has 0 bridgehead atoms. The van der Waals surface area contributed by atoms with Crippen molar-refractivity contribution < 1.29 is 9.53 Å². The molecule has 1 aromatic rings. The Balaban J connectivity index is 2.02. The van der Waals surface area contributed by atoms with Crippen molar-refractivity contribution in [2.75, 3.05) is 13.7 Å². The molecule has 0 saturated carbocycles. The number of benzene rings is 1. The zero-order chi connectivity index (χ0) is 12.3. The molecule has 0 amide bonds. The monoisotopic (exact) mass is 233 g/mol. The minimum atomic E-state index is 0.349. The number of likely N-dealkylation sites (tertiary alicyclic amines) is 1. The van der Waals surface area contributed by atoms with Crippen LogP contribution in [-0.2, 0) is 11.3 Å². The van der Waals surface area contributed by atoms with E-state index in [1.807, 2.05) is 12.1 Å². The molecule has 0 N–H and O–H groups in total. The fourth-order valence-corrected chi connectivity index (χ4v) is 2.29. The van der Waals surface area contributed by atoms with E-state index >= 15 is 0 Å². The first kappa shape index (κ1) is 12.1. The molecular weight excluding hydrogens is 214 g/mol. The van der Waals surface area contributed by atoms with Gasteiger partial charge in [-0.05, 0) is 24.6 Å². The molecule has 3 nitrogen and oxygen atoms in total. The third kappa shape index (κ3) is 3.07. The van der Waals surface area contributed by atoms with Gasteiger partial charge in [-0.3, -0.25) is 9.69 Å². The smallest absolute Gasteiger partial charge is 0.135 e. The average Bonchev–Trinajstić information content (AvgIpc) is 2.33. The summed E-state index contributed by atoms with van der Waals surface area (Å²) in [5.41, 5.74) is 1.24. The molecule has 3 heteroatoms. The molecule has 0 aliphatic carbocycles. The standard InChI is InChI=1S/C14H19NO2/c1-11-8-13(16)6-7-15(11)10-12-4-3-5-14(9-12)17-2/h3-5,9,11H,6-8,10H2,1-2H3. The van der Waals surface area contributed by atoms with E-state index < -0.39 is 0 Å². The highest BCUT2D eigenvalue weighted by Gasteiger charge is 2.23. The van der Waals surface area contributed by atoms with Crippen LogP contribution < -0.4 is 4.74 Å². The first-order valence-electron chi connectivity index (χ1n) is 6.07. The molecule has 1 aliphatic heterocycles. The molecule has 17 heavy (non-hydrogen) atoms. The zero-order valence-electron chi connectivity index (χ0n) is 10.5. The van der Waals surface area contributed by atoms with E-state index in [-0.39, 0.29) is 0 Å². The number of carbonyl (C=O) groups excluding carboxylic acids is 1. The molecule has 1 atom stereocenters. The number of nitrogens with zero attached hydrogens (tertiary/aromatic N) is 1. The molecule has 1 aliphatic rings. The third-order valence-corrected chi connectivity index (χ3v) is 3.34. The van der Waals surface area contributed by atoms with Crippen LogP contribution in [0, 0.1) is 0 Å². The molecule has 1 unspecified atom stereocenters. The minimum Gasteiger partial charge on any atom is -0.497 e. The normalized spacial score (nSPS) is 21.5. The van der Waals surface area contributed by atoms with Gasteiger partial charge in [0, 0.05) is 32.0 Å². The van der Waals surface area contributed by atoms with Crippen molar-refractivity contribution in [3.05, 3.63) is 29.8 Å². The molecule has 2 rings (SSSR count). The first-order valence-corrected chi connectivity index (χ1v) is 6.07. The Labute approximate surface area is 102 Å². The van der Waals surface area contributed by atoms with Gasteiger partial charge in [0.15, 0.2) is 0 Å². The lowest BCUT2D eigenvalue weighted by atomic mass is 10.0. The molecule has 0 spiro atoms. The van der Waals surface area contributed by atoms with Gasteiger partial charge in [0.05, 0.1) is 7.11 Å². The van der Waals surface area contributed by atoms with Crippen molar-refractivity contribution >= 4 is 5.78 Å². The van der Waals surface area contributed by atoms with Gasteiger partial charge in [-0.25, -0.2) is 0 Å². The summed E-state index contributed by atoms with van der Waals surface area (Å²) in [6.45, 7) is 3.89. The van der Waals surface area contributed by atoms with Crippen LogP contribution in [0.5, 0.6) is 5.75 Å². The summed E-state index contributed by atoms with van der Waals surface area (Å²) < 4.78 is 5.22. The van der Waals surface area contributed by atoms with Crippen LogP contribution >= 0.6 is 0 Å². The number of carbonyl (C=O) groups is 1. The topological polar surface area (TPSA) is 29.5 Å². The number of hydrogen-bond acceptors (Lipinski definition) is 3. The Bertz CT molecular complexity index is 403. The summed E-state index contributed by atoms with van der Waals surface area (Å²) in [5, 5.41) is 0. The second-order valence-electron chi connectivity index (χ2n) is 4.66. The molecule has 1 aromatic carbocycles. The Hall–Kier alpha value is -1.35. The highest BCUT2D eigenvalue weighted by Crippen LogP contribution is 2.19. The van der Waals surface area contributed by atoms with Crippen LogP contribution in [0.15, 0.2) is 24.3 Å². The molecule has 0 radical (unpaired) electrons. The van der Waals surface area contributed by atoms with Crippen molar-refractivity contribution in [3.8, 4) is 5.75 Å². The number of methoxy groups -OCH3 is 1. The molecule has 0 aromatic heterocycles. The SMILES string of the molecule is COc1cccc(CN2CCC(=O)CC2C)c1. The number of Topliss-reactive ketones (excluding diaryl/α,β-unsaturated/α-hetero) is 1. The van der Waals surface area contributed by atoms with Gasteiger partial charge in [0.25, 0.3) is 0 Å². The number of rotatable bonds is 3. The summed E-state index contributed by atoms with van der Waals surface area (Å²) in [5.74, 6) is 1.28. The van der Waals surface area contributed by atoms with Crippen molar-refractivity contribution in [1.82, 2.24) is 4.90 Å². The van der Waals surface area contributed by atoms with Gasteiger partial charge in [0.2, 0.25) is 0 Å². The fourth-order valence-electron chi connectivity index (χ4n) is 2.29. The van der Waals surface area contributed by atoms with E-state index in [1.165, 1.54) is 5.56 Å². The lowest BCUT2D eigenvalue weighted by Gasteiger charge is -2.32. The van der Waals surface area contributed by atoms with Crippen LogP contribution in [0.4, 0.5) is 0 Å². The van der Waals surface area contributed by atoms with Gasteiger partial charge in [-0.15, -0.1) is 0 Å². The average molecular weight is 233 g/mol. The highest BCUT2D eigenvalue weighted by molar-refractivity contribution is 5.79. The zero-order valence-corrected chi connectivity index (χ0v) is 10.5. The fraction of sp³-hybridized carbons (Fsp3) is 0.500. The summed E-state index contributed by atoms with van der Waals surface area (Å²) in [6, 6.07) is 8.47. The maximum absolute atomic E-state index is 11.3. The van der Waals surface area contributed by atoms with Crippen molar-refractivity contribution in [3.63, 3.8) is 0 Å². The summed E-state index contributed by atoms with van der Waals surface area (Å²) in [4.78, 5) is 13.7. The Morgan fingerprint density at radius 2 is 2.29 bits per heavy atom. The second kappa shape index (κ2) is 5.32. The van der Waals surface area contributed by atoms with E-state index in [0.29, 0.717) is 24.7 Å². The molecule has 1 heterocycles. The maximum atomic E-state index is 11.3. The van der Waals surface area contributed by atoms with E-state index in [2.05, 4.69) is 24.0 Å². The van der Waals surface area contributed by atoms with Crippen molar-refractivity contribution in [1.29, 1.82) is 0 Å². The number of ether oxygens (including phenoxy) is 1. The van der Waals surface area contributed by atoms with Crippen LogP contribution in [0.2, 0.25) is 0 Å². The second-order valence-corrected chi connectivity index (χ2v) is 4.66. The van der Waals surface area contributed by atoms with Crippen LogP contribution in [0.3, 0.4) is 0 Å². The number of hydrogen-bond donors (Lipinski definition) is 0. The van der Waals surface area contributed by atoms with E-state index in [9.17, 15) is 4.79 Å². The predicted octanol–water partition coefficient (Wildman–Crippen LogP) is 2.25. The van der Waals surface area contributed by atoms with Gasteiger partial charge >= 0.3 is 0 Å². The minimum absolute atomic E-state index is 0.349. The molecule has 1 fully saturated rings. The quantitative estimate of drug-likeness (QED) is 0.802. The van der Waals surface area contributed by atoms with E-state index in [0.717, 1.165) is 18.8 Å². The summed E-state index contributed by atoms with van der Waals surface area (Å²) >= 11 is 0. The molecule has 1 saturated heterocycles. The van der Waals surface area contributed by atoms with Gasteiger partial charge in [-0.1, -0.05) is 12.1 Å². The summed E-state index contributed by atoms with van der Waals surface area (Å²) in [6.07, 6.45) is 1.37. The molecular formula is C14H19NO2. The highest BCUT2D eigenvalue weighted by atomic mass is 16.5. The van der Waals surface area contributed by atoms with E-state index in [4.69, 9.17) is 4.74 Å². The van der Waals surface area contributed by atoms with Crippen LogP contribution in [0.25, 0.3) is 0 Å². The third-order valence-electron chi connectivity index (χ3n) is 3.34. The Morgan fingerprint density at radius 1 is 1.47 bits per heavy atom.